The number of carbonyl (C=O) groups excluding carboxylic acids is 2. The van der Waals surface area contributed by atoms with Gasteiger partial charge in [0.25, 0.3) is 10.0 Å². The Morgan fingerprint density at radius 2 is 1.79 bits per heavy atom. The number of hydrogen-bond donors (Lipinski definition) is 4. The summed E-state index contributed by atoms with van der Waals surface area (Å²) in [7, 11) is -4.09. The molecular weight excluding hydrogens is 560 g/mol. The van der Waals surface area contributed by atoms with Crippen molar-refractivity contribution in [2.45, 2.75) is 62.3 Å². The van der Waals surface area contributed by atoms with Crippen LogP contribution in [0.1, 0.15) is 48.8 Å². The molecule has 0 bridgehead atoms. The van der Waals surface area contributed by atoms with Crippen molar-refractivity contribution in [3.63, 3.8) is 0 Å². The molecular formula is C27H33ClN4O5S2. The molecule has 210 valence electrons. The SMILES string of the molecule is CCCCc1nc(Cl)c(CO)n1Cc1ccc(S(=O)(=O)NC(=O)CCNC(=O)C(S)Cc2ccccc2)cc1. The number of carbonyl (C=O) groups is 2. The van der Waals surface area contributed by atoms with Gasteiger partial charge < -0.3 is 15.0 Å². The number of hydrogen-bond acceptors (Lipinski definition) is 7. The summed E-state index contributed by atoms with van der Waals surface area (Å²) < 4.78 is 29.3. The number of thiol groups is 1. The summed E-state index contributed by atoms with van der Waals surface area (Å²) in [6.07, 6.45) is 2.83. The van der Waals surface area contributed by atoms with Crippen molar-refractivity contribution in [3.8, 4) is 0 Å². The van der Waals surface area contributed by atoms with Gasteiger partial charge in [-0.05, 0) is 36.1 Å². The molecule has 0 aliphatic carbocycles. The second kappa shape index (κ2) is 14.5. The Kier molecular flexibility index (Phi) is 11.4. The van der Waals surface area contributed by atoms with Gasteiger partial charge in [0.15, 0.2) is 5.15 Å². The van der Waals surface area contributed by atoms with Crippen LogP contribution in [-0.4, -0.2) is 46.7 Å². The summed E-state index contributed by atoms with van der Waals surface area (Å²) in [4.78, 5) is 28.8. The molecule has 12 heteroatoms. The molecule has 1 aromatic heterocycles. The van der Waals surface area contributed by atoms with Crippen molar-refractivity contribution < 1.29 is 23.1 Å². The maximum absolute atomic E-state index is 12.7. The van der Waals surface area contributed by atoms with Gasteiger partial charge in [0, 0.05) is 25.9 Å². The Bertz CT molecular complexity index is 1360. The molecule has 3 rings (SSSR count). The maximum atomic E-state index is 12.7. The van der Waals surface area contributed by atoms with Gasteiger partial charge in [-0.3, -0.25) is 9.59 Å². The van der Waals surface area contributed by atoms with E-state index in [9.17, 15) is 23.1 Å². The largest absolute Gasteiger partial charge is 0.390 e. The Labute approximate surface area is 239 Å². The van der Waals surface area contributed by atoms with Crippen LogP contribution in [0.2, 0.25) is 5.15 Å². The van der Waals surface area contributed by atoms with Gasteiger partial charge in [0.1, 0.15) is 5.82 Å². The third kappa shape index (κ3) is 8.82. The number of unbranched alkanes of at least 4 members (excludes halogenated alkanes) is 1. The van der Waals surface area contributed by atoms with E-state index in [1.165, 1.54) is 12.1 Å². The number of halogens is 1. The third-order valence-electron chi connectivity index (χ3n) is 6.05. The Hall–Kier alpha value is -2.86. The van der Waals surface area contributed by atoms with Gasteiger partial charge in [0.2, 0.25) is 11.8 Å². The van der Waals surface area contributed by atoms with E-state index in [4.69, 9.17) is 11.6 Å². The molecule has 9 nitrogen and oxygen atoms in total. The van der Waals surface area contributed by atoms with E-state index in [2.05, 4.69) is 29.9 Å². The summed E-state index contributed by atoms with van der Waals surface area (Å²) in [6, 6.07) is 15.5. The van der Waals surface area contributed by atoms with Crippen molar-refractivity contribution in [2.75, 3.05) is 6.54 Å². The first-order valence-electron chi connectivity index (χ1n) is 12.6. The number of aliphatic hydroxyl groups excluding tert-OH is 1. The van der Waals surface area contributed by atoms with Gasteiger partial charge in [-0.15, -0.1) is 0 Å². The quantitative estimate of drug-likeness (QED) is 0.213. The average Bonchev–Trinajstić information content (AvgIpc) is 3.21. The van der Waals surface area contributed by atoms with Crippen LogP contribution < -0.4 is 10.0 Å². The first-order valence-corrected chi connectivity index (χ1v) is 15.0. The lowest BCUT2D eigenvalue weighted by Gasteiger charge is -2.13. The highest BCUT2D eigenvalue weighted by molar-refractivity contribution is 7.90. The molecule has 1 unspecified atom stereocenters. The number of nitrogens with one attached hydrogen (secondary N) is 2. The van der Waals surface area contributed by atoms with Crippen molar-refractivity contribution >= 4 is 46.1 Å². The maximum Gasteiger partial charge on any atom is 0.264 e. The van der Waals surface area contributed by atoms with E-state index in [0.717, 1.165) is 29.8 Å². The highest BCUT2D eigenvalue weighted by atomic mass is 35.5. The van der Waals surface area contributed by atoms with E-state index in [1.54, 1.807) is 12.1 Å². The van der Waals surface area contributed by atoms with Crippen LogP contribution in [0.25, 0.3) is 0 Å². The fourth-order valence-electron chi connectivity index (χ4n) is 3.93. The zero-order valence-corrected chi connectivity index (χ0v) is 24.1. The van der Waals surface area contributed by atoms with Crippen LogP contribution in [-0.2, 0) is 45.6 Å². The standard InChI is InChI=1S/C27H33ClN4O5S2/c1-2-3-9-24-30-26(28)22(18-33)32(24)17-20-10-12-21(13-11-20)39(36,37)31-25(34)14-15-29-27(35)23(38)16-19-7-5-4-6-8-19/h4-8,10-13,23,33,38H,2-3,9,14-18H2,1H3,(H,29,35)(H,31,34). The number of benzene rings is 2. The van der Waals surface area contributed by atoms with Crippen molar-refractivity contribution in [2.24, 2.45) is 0 Å². The molecule has 39 heavy (non-hydrogen) atoms. The number of aliphatic hydroxyl groups is 1. The number of aromatic nitrogens is 2. The first-order chi connectivity index (χ1) is 18.6. The average molecular weight is 593 g/mol. The van der Waals surface area contributed by atoms with Crippen molar-refractivity contribution in [1.82, 2.24) is 19.6 Å². The third-order valence-corrected chi connectivity index (χ3v) is 8.16. The molecule has 0 aliphatic heterocycles. The zero-order chi connectivity index (χ0) is 28.4. The van der Waals surface area contributed by atoms with Gasteiger partial charge >= 0.3 is 0 Å². The van der Waals surface area contributed by atoms with Crippen molar-refractivity contribution in [3.05, 3.63) is 82.4 Å². The second-order valence-electron chi connectivity index (χ2n) is 9.03. The smallest absolute Gasteiger partial charge is 0.264 e. The second-order valence-corrected chi connectivity index (χ2v) is 11.7. The molecule has 0 radical (unpaired) electrons. The summed E-state index contributed by atoms with van der Waals surface area (Å²) in [5.74, 6) is -0.319. The van der Waals surface area contributed by atoms with E-state index >= 15 is 0 Å². The lowest BCUT2D eigenvalue weighted by atomic mass is 10.1. The van der Waals surface area contributed by atoms with Crippen LogP contribution in [0.5, 0.6) is 0 Å². The molecule has 0 aliphatic rings. The summed E-state index contributed by atoms with van der Waals surface area (Å²) in [5.41, 5.74) is 2.24. The highest BCUT2D eigenvalue weighted by Crippen LogP contribution is 2.21. The molecule has 0 spiro atoms. The van der Waals surface area contributed by atoms with Gasteiger partial charge in [-0.25, -0.2) is 18.1 Å². The number of nitrogens with zero attached hydrogens (tertiary/aromatic N) is 2. The van der Waals surface area contributed by atoms with Gasteiger partial charge in [-0.2, -0.15) is 12.6 Å². The highest BCUT2D eigenvalue weighted by Gasteiger charge is 2.20. The molecule has 1 atom stereocenters. The molecule has 0 saturated carbocycles. The minimum atomic E-state index is -4.09. The Morgan fingerprint density at radius 3 is 2.44 bits per heavy atom. The van der Waals surface area contributed by atoms with Crippen molar-refractivity contribution in [1.29, 1.82) is 0 Å². The molecule has 0 fully saturated rings. The van der Waals surface area contributed by atoms with Crippen LogP contribution in [0.4, 0.5) is 0 Å². The molecule has 0 saturated heterocycles. The Morgan fingerprint density at radius 1 is 1.10 bits per heavy atom. The number of aryl methyl sites for hydroxylation is 1. The minimum Gasteiger partial charge on any atom is -0.390 e. The first kappa shape index (κ1) is 30.7. The number of sulfonamides is 1. The topological polar surface area (TPSA) is 130 Å². The fraction of sp³-hybridized carbons (Fsp3) is 0.370. The van der Waals surface area contributed by atoms with E-state index in [1.807, 2.05) is 39.6 Å². The molecule has 2 amide bonds. The zero-order valence-electron chi connectivity index (χ0n) is 21.6. The lowest BCUT2D eigenvalue weighted by Crippen LogP contribution is -2.37. The summed E-state index contributed by atoms with van der Waals surface area (Å²) in [5, 5.41) is 12.0. The van der Waals surface area contributed by atoms with Crippen LogP contribution in [0, 0.1) is 0 Å². The van der Waals surface area contributed by atoms with E-state index in [-0.39, 0.29) is 35.5 Å². The van der Waals surface area contributed by atoms with Crippen LogP contribution in [0.3, 0.4) is 0 Å². The fourth-order valence-corrected chi connectivity index (χ4v) is 5.51. The predicted molar refractivity (Wildman–Crippen MR) is 153 cm³/mol. The summed E-state index contributed by atoms with van der Waals surface area (Å²) >= 11 is 10.5. The Balaban J connectivity index is 1.54. The van der Waals surface area contributed by atoms with E-state index in [0.29, 0.717) is 25.1 Å². The number of amides is 2. The monoisotopic (exact) mass is 592 g/mol. The predicted octanol–water partition coefficient (Wildman–Crippen LogP) is 3.27. The number of rotatable bonds is 14. The molecule has 1 heterocycles. The summed E-state index contributed by atoms with van der Waals surface area (Å²) in [6.45, 7) is 2.14. The lowest BCUT2D eigenvalue weighted by molar-refractivity contribution is -0.121. The molecule has 2 aromatic carbocycles. The normalized spacial score (nSPS) is 12.2. The van der Waals surface area contributed by atoms with Gasteiger partial charge in [0.05, 0.1) is 22.4 Å². The molecule has 3 N–H and O–H groups in total. The van der Waals surface area contributed by atoms with Gasteiger partial charge in [-0.1, -0.05) is 67.4 Å². The number of imidazole rings is 1. The van der Waals surface area contributed by atoms with E-state index < -0.39 is 21.2 Å². The minimum absolute atomic E-state index is 0.0218. The van der Waals surface area contributed by atoms with Crippen LogP contribution in [0.15, 0.2) is 59.5 Å². The van der Waals surface area contributed by atoms with Crippen LogP contribution >= 0.6 is 24.2 Å². The molecule has 3 aromatic rings.